The maximum atomic E-state index is 13.1. The van der Waals surface area contributed by atoms with Gasteiger partial charge in [-0.2, -0.15) is 13.2 Å². The predicted octanol–water partition coefficient (Wildman–Crippen LogP) is 4.83. The summed E-state index contributed by atoms with van der Waals surface area (Å²) in [6.45, 7) is 2.96. The second-order valence-electron chi connectivity index (χ2n) is 6.61. The average Bonchev–Trinajstić information content (AvgIpc) is 3.06. The Morgan fingerprint density at radius 3 is 2.59 bits per heavy atom. The first kappa shape index (κ1) is 19.7. The third kappa shape index (κ3) is 4.42. The Kier molecular flexibility index (Phi) is 4.96. The van der Waals surface area contributed by atoms with Crippen LogP contribution in [0.25, 0.3) is 16.0 Å². The highest BCUT2D eigenvalue weighted by molar-refractivity contribution is 7.19. The number of aromatic nitrogens is 2. The monoisotopic (exact) mass is 417 g/mol. The molecule has 0 aliphatic rings. The number of thiophene rings is 1. The first-order valence-electron chi connectivity index (χ1n) is 7.81. The van der Waals surface area contributed by atoms with Crippen LogP contribution in [-0.2, 0) is 11.0 Å². The molecule has 3 heterocycles. The average molecular weight is 418 g/mol. The van der Waals surface area contributed by atoms with E-state index in [1.807, 2.05) is 0 Å². The summed E-state index contributed by atoms with van der Waals surface area (Å²) >= 11 is 7.13. The van der Waals surface area contributed by atoms with Crippen LogP contribution in [0.15, 0.2) is 30.5 Å². The van der Waals surface area contributed by atoms with Gasteiger partial charge in [0.2, 0.25) is 5.91 Å². The minimum atomic E-state index is -4.51. The predicted molar refractivity (Wildman–Crippen MR) is 98.1 cm³/mol. The van der Waals surface area contributed by atoms with Crippen molar-refractivity contribution < 1.29 is 23.1 Å². The van der Waals surface area contributed by atoms with Crippen LogP contribution in [0, 0.1) is 0 Å². The summed E-state index contributed by atoms with van der Waals surface area (Å²) in [5.74, 6) is -0.409. The fourth-order valence-electron chi connectivity index (χ4n) is 2.57. The highest BCUT2D eigenvalue weighted by Crippen LogP contribution is 2.40. The largest absolute Gasteiger partial charge is 0.416 e. The molecule has 0 atom stereocenters. The van der Waals surface area contributed by atoms with Gasteiger partial charge in [-0.1, -0.05) is 11.6 Å². The molecule has 27 heavy (non-hydrogen) atoms. The number of alkyl halides is 3. The van der Waals surface area contributed by atoms with Gasteiger partial charge in [-0.25, -0.2) is 4.52 Å². The fraction of sp³-hybridized carbons (Fsp3) is 0.294. The number of amides is 1. The number of pyridine rings is 1. The number of aliphatic hydroxyl groups is 1. The van der Waals surface area contributed by atoms with E-state index in [1.54, 1.807) is 12.1 Å². The Morgan fingerprint density at radius 1 is 1.33 bits per heavy atom. The molecule has 5 nitrogen and oxygen atoms in total. The van der Waals surface area contributed by atoms with E-state index in [-0.39, 0.29) is 17.8 Å². The molecule has 3 aromatic rings. The highest BCUT2D eigenvalue weighted by Gasteiger charge is 2.32. The molecule has 0 saturated carbocycles. The van der Waals surface area contributed by atoms with E-state index in [1.165, 1.54) is 24.6 Å². The molecule has 10 heteroatoms. The zero-order valence-corrected chi connectivity index (χ0v) is 15.8. The van der Waals surface area contributed by atoms with Gasteiger partial charge in [-0.3, -0.25) is 4.79 Å². The number of hydrogen-bond donors (Lipinski definition) is 2. The summed E-state index contributed by atoms with van der Waals surface area (Å²) in [5, 5.41) is 16.6. The normalized spacial score (nSPS) is 12.6. The van der Waals surface area contributed by atoms with E-state index in [2.05, 4.69) is 10.4 Å². The van der Waals surface area contributed by atoms with Crippen LogP contribution in [0.1, 0.15) is 25.8 Å². The van der Waals surface area contributed by atoms with Gasteiger partial charge in [-0.05, 0) is 38.1 Å². The number of fused-ring (bicyclic) bond motifs is 1. The second-order valence-corrected chi connectivity index (χ2v) is 8.32. The van der Waals surface area contributed by atoms with Crippen LogP contribution in [0.5, 0.6) is 0 Å². The molecule has 1 amide bonds. The minimum absolute atomic E-state index is 0.0992. The molecule has 0 fully saturated rings. The van der Waals surface area contributed by atoms with Crippen LogP contribution in [0.4, 0.5) is 19.0 Å². The van der Waals surface area contributed by atoms with Crippen molar-refractivity contribution in [1.82, 2.24) is 9.61 Å². The number of halogens is 4. The summed E-state index contributed by atoms with van der Waals surface area (Å²) in [6, 6.07) is 5.15. The van der Waals surface area contributed by atoms with E-state index in [4.69, 9.17) is 11.6 Å². The molecular formula is C17H15ClF3N3O2S. The summed E-state index contributed by atoms with van der Waals surface area (Å²) in [6.07, 6.45) is -3.53. The third-order valence-electron chi connectivity index (χ3n) is 3.63. The summed E-state index contributed by atoms with van der Waals surface area (Å²) in [7, 11) is 0. The van der Waals surface area contributed by atoms with Crippen molar-refractivity contribution in [3.63, 3.8) is 0 Å². The molecule has 0 unspecified atom stereocenters. The lowest BCUT2D eigenvalue weighted by Crippen LogP contribution is -2.27. The minimum Gasteiger partial charge on any atom is -0.390 e. The lowest BCUT2D eigenvalue weighted by Gasteiger charge is -2.15. The van der Waals surface area contributed by atoms with Gasteiger partial charge in [-0.15, -0.1) is 16.4 Å². The summed E-state index contributed by atoms with van der Waals surface area (Å²) < 4.78 is 41.0. The number of anilines is 1. The summed E-state index contributed by atoms with van der Waals surface area (Å²) in [5.41, 5.74) is -1.55. The topological polar surface area (TPSA) is 66.6 Å². The first-order valence-corrected chi connectivity index (χ1v) is 9.01. The van der Waals surface area contributed by atoms with Crippen molar-refractivity contribution in [2.45, 2.75) is 32.0 Å². The third-order valence-corrected chi connectivity index (χ3v) is 4.88. The molecule has 0 bridgehead atoms. The van der Waals surface area contributed by atoms with Gasteiger partial charge in [0.25, 0.3) is 0 Å². The van der Waals surface area contributed by atoms with Crippen molar-refractivity contribution in [2.75, 3.05) is 5.32 Å². The van der Waals surface area contributed by atoms with E-state index in [0.717, 1.165) is 23.5 Å². The molecule has 0 aliphatic heterocycles. The summed E-state index contributed by atoms with van der Waals surface area (Å²) in [4.78, 5) is 12.8. The van der Waals surface area contributed by atoms with Crippen LogP contribution in [-0.4, -0.2) is 26.2 Å². The molecule has 0 aliphatic carbocycles. The van der Waals surface area contributed by atoms with Crippen molar-refractivity contribution in [2.24, 2.45) is 0 Å². The zero-order valence-electron chi connectivity index (χ0n) is 14.3. The molecular weight excluding hydrogens is 403 g/mol. The van der Waals surface area contributed by atoms with E-state index in [9.17, 15) is 23.1 Å². The van der Waals surface area contributed by atoms with E-state index >= 15 is 0 Å². The number of rotatable bonds is 4. The SMILES string of the molecule is CC(C)(O)CC(=O)Nc1nn2ccc(C(F)(F)F)cc2c1-c1ccc(Cl)s1. The Morgan fingerprint density at radius 2 is 2.04 bits per heavy atom. The maximum absolute atomic E-state index is 13.1. The highest BCUT2D eigenvalue weighted by atomic mass is 35.5. The Bertz CT molecular complexity index is 1010. The van der Waals surface area contributed by atoms with Gasteiger partial charge in [0.15, 0.2) is 5.82 Å². The van der Waals surface area contributed by atoms with E-state index < -0.39 is 23.2 Å². The molecule has 0 radical (unpaired) electrons. The van der Waals surface area contributed by atoms with E-state index in [0.29, 0.717) is 14.8 Å². The number of carbonyl (C=O) groups is 1. The smallest absolute Gasteiger partial charge is 0.390 e. The standard InChI is InChI=1S/C17H15ClF3N3O2S/c1-16(2,26)8-13(25)22-15-14(11-3-4-12(18)27-11)10-7-9(17(19,20)21)5-6-24(10)23-15/h3-7,26H,8H2,1-2H3,(H,22,23,25). The van der Waals surface area contributed by atoms with Gasteiger partial charge in [0, 0.05) is 11.1 Å². The van der Waals surface area contributed by atoms with Crippen LogP contribution >= 0.6 is 22.9 Å². The molecule has 0 aromatic carbocycles. The Balaban J connectivity index is 2.13. The quantitative estimate of drug-likeness (QED) is 0.638. The van der Waals surface area contributed by atoms with Gasteiger partial charge in [0.05, 0.1) is 33.0 Å². The Labute approximate surface area is 161 Å². The molecule has 144 valence electrons. The molecule has 0 spiro atoms. The maximum Gasteiger partial charge on any atom is 0.416 e. The van der Waals surface area contributed by atoms with Crippen molar-refractivity contribution in [3.8, 4) is 10.4 Å². The van der Waals surface area contributed by atoms with Crippen LogP contribution in [0.3, 0.4) is 0 Å². The van der Waals surface area contributed by atoms with Gasteiger partial charge >= 0.3 is 6.18 Å². The first-order chi connectivity index (χ1) is 12.4. The number of carbonyl (C=O) groups excluding carboxylic acids is 1. The lowest BCUT2D eigenvalue weighted by molar-refractivity contribution is -0.137. The Hall–Kier alpha value is -2.10. The van der Waals surface area contributed by atoms with Gasteiger partial charge in [0.1, 0.15) is 0 Å². The fourth-order valence-corrected chi connectivity index (χ4v) is 3.67. The molecule has 3 rings (SSSR count). The van der Waals surface area contributed by atoms with Crippen LogP contribution in [0.2, 0.25) is 4.34 Å². The molecule has 3 aromatic heterocycles. The van der Waals surface area contributed by atoms with Crippen molar-refractivity contribution in [3.05, 3.63) is 40.4 Å². The molecule has 0 saturated heterocycles. The lowest BCUT2D eigenvalue weighted by atomic mass is 10.1. The van der Waals surface area contributed by atoms with Gasteiger partial charge < -0.3 is 10.4 Å². The number of nitrogens with zero attached hydrogens (tertiary/aromatic N) is 2. The molecule has 2 N–H and O–H groups in total. The van der Waals surface area contributed by atoms with Crippen molar-refractivity contribution >= 4 is 40.2 Å². The van der Waals surface area contributed by atoms with Crippen molar-refractivity contribution in [1.29, 1.82) is 0 Å². The second kappa shape index (κ2) is 6.81. The van der Waals surface area contributed by atoms with Crippen LogP contribution < -0.4 is 5.32 Å². The number of nitrogens with one attached hydrogen (secondary N) is 1. The number of hydrogen-bond acceptors (Lipinski definition) is 4. The zero-order chi connectivity index (χ0) is 20.0.